The molecule has 1 saturated heterocycles. The zero-order chi connectivity index (χ0) is 17.8. The van der Waals surface area contributed by atoms with Crippen LogP contribution in [-0.2, 0) is 24.0 Å². The Bertz CT molecular complexity index is 593. The Balaban J connectivity index is 1.79. The average molecular weight is 345 g/mol. The first kappa shape index (κ1) is 18.1. The van der Waals surface area contributed by atoms with Crippen LogP contribution in [0.15, 0.2) is 30.3 Å². The van der Waals surface area contributed by atoms with Crippen LogP contribution in [0.4, 0.5) is 19.3 Å². The van der Waals surface area contributed by atoms with E-state index in [-0.39, 0.29) is 6.61 Å². The molecule has 0 aliphatic carbocycles. The number of para-hydroxylation sites is 1. The molecule has 1 N–H and O–H groups in total. The number of nitrogens with one attached hydrogen (secondary N) is 1. The van der Waals surface area contributed by atoms with E-state index in [4.69, 9.17) is 9.47 Å². The molecule has 2 rings (SSSR count). The van der Waals surface area contributed by atoms with Crippen molar-refractivity contribution in [3.05, 3.63) is 30.3 Å². The predicted octanol–water partition coefficient (Wildman–Crippen LogP) is 2.87. The molecule has 7 nitrogen and oxygen atoms in total. The fourth-order valence-electron chi connectivity index (χ4n) is 2.03. The van der Waals surface area contributed by atoms with Gasteiger partial charge in [0.05, 0.1) is 19.1 Å². The molecule has 1 heterocycles. The van der Waals surface area contributed by atoms with Gasteiger partial charge in [-0.25, -0.2) is 19.4 Å². The lowest BCUT2D eigenvalue weighted by Gasteiger charge is -2.19. The first-order valence-corrected chi connectivity index (χ1v) is 7.12. The summed E-state index contributed by atoms with van der Waals surface area (Å²) in [4.78, 5) is 30.7. The van der Waals surface area contributed by atoms with Crippen LogP contribution in [0, 0.1) is 0 Å². The van der Waals surface area contributed by atoms with Gasteiger partial charge in [0.1, 0.15) is 0 Å². The summed E-state index contributed by atoms with van der Waals surface area (Å²) in [5.74, 6) is -6.86. The molecule has 0 saturated carbocycles. The first-order valence-electron chi connectivity index (χ1n) is 7.12. The van der Waals surface area contributed by atoms with Crippen molar-refractivity contribution in [3.63, 3.8) is 0 Å². The monoisotopic (exact) mass is 345 g/mol. The summed E-state index contributed by atoms with van der Waals surface area (Å²) in [6.45, 7) is 3.06. The molecule has 1 amide bonds. The standard InChI is InChI=1S/C15H17F2NO6/c1-14(2)21-9-11(22-14)8-15(16,17)12(19)23-24-13(20)18-10-6-4-3-5-7-10/h3-7,11H,8-9H2,1-2H3,(H,18,20). The molecule has 1 aliphatic heterocycles. The number of hydrogen-bond donors (Lipinski definition) is 1. The summed E-state index contributed by atoms with van der Waals surface area (Å²) in [6, 6.07) is 8.07. The maximum absolute atomic E-state index is 13.8. The SMILES string of the molecule is CC1(C)OCC(CC(F)(F)C(=O)OOC(=O)Nc2ccccc2)O1. The zero-order valence-corrected chi connectivity index (χ0v) is 13.1. The van der Waals surface area contributed by atoms with Gasteiger partial charge in [0.15, 0.2) is 5.79 Å². The van der Waals surface area contributed by atoms with Crippen LogP contribution in [0.25, 0.3) is 0 Å². The summed E-state index contributed by atoms with van der Waals surface area (Å²) in [6.07, 6.45) is -3.12. The highest BCUT2D eigenvalue weighted by Crippen LogP contribution is 2.31. The van der Waals surface area contributed by atoms with E-state index in [1.54, 1.807) is 32.0 Å². The smallest absolute Gasteiger partial charge is 0.348 e. The third-order valence-corrected chi connectivity index (χ3v) is 3.06. The fourth-order valence-corrected chi connectivity index (χ4v) is 2.03. The number of benzene rings is 1. The van der Waals surface area contributed by atoms with E-state index in [2.05, 4.69) is 15.1 Å². The minimum absolute atomic E-state index is 0.0782. The van der Waals surface area contributed by atoms with E-state index in [9.17, 15) is 18.4 Å². The van der Waals surface area contributed by atoms with Gasteiger partial charge in [0, 0.05) is 5.69 Å². The Hall–Kier alpha value is -2.26. The lowest BCUT2D eigenvalue weighted by Crippen LogP contribution is -2.36. The molecule has 1 aliphatic rings. The topological polar surface area (TPSA) is 83.1 Å². The summed E-state index contributed by atoms with van der Waals surface area (Å²) in [5.41, 5.74) is 0.351. The first-order chi connectivity index (χ1) is 11.2. The fraction of sp³-hybridized carbons (Fsp3) is 0.467. The Morgan fingerprint density at radius 3 is 2.54 bits per heavy atom. The highest BCUT2D eigenvalue weighted by atomic mass is 19.3. The van der Waals surface area contributed by atoms with Crippen LogP contribution in [0.3, 0.4) is 0 Å². The molecule has 1 atom stereocenters. The van der Waals surface area contributed by atoms with Gasteiger partial charge in [-0.05, 0) is 26.0 Å². The van der Waals surface area contributed by atoms with Crippen LogP contribution in [0.2, 0.25) is 0 Å². The molecule has 9 heteroatoms. The Kier molecular flexibility index (Phi) is 5.35. The molecular weight excluding hydrogens is 328 g/mol. The van der Waals surface area contributed by atoms with Gasteiger partial charge in [-0.1, -0.05) is 18.2 Å². The van der Waals surface area contributed by atoms with E-state index in [1.165, 1.54) is 12.1 Å². The van der Waals surface area contributed by atoms with Gasteiger partial charge in [0.25, 0.3) is 0 Å². The van der Waals surface area contributed by atoms with Gasteiger partial charge in [-0.15, -0.1) is 0 Å². The molecule has 0 spiro atoms. The molecule has 24 heavy (non-hydrogen) atoms. The molecule has 0 radical (unpaired) electrons. The van der Waals surface area contributed by atoms with Crippen molar-refractivity contribution in [2.24, 2.45) is 0 Å². The number of anilines is 1. The van der Waals surface area contributed by atoms with E-state index in [0.717, 1.165) is 0 Å². The van der Waals surface area contributed by atoms with Gasteiger partial charge in [-0.3, -0.25) is 5.32 Å². The highest BCUT2D eigenvalue weighted by molar-refractivity contribution is 5.85. The molecule has 1 unspecified atom stereocenters. The minimum atomic E-state index is -3.89. The van der Waals surface area contributed by atoms with E-state index >= 15 is 0 Å². The third-order valence-electron chi connectivity index (χ3n) is 3.06. The molecule has 132 valence electrons. The second kappa shape index (κ2) is 7.10. The second-order valence-electron chi connectivity index (χ2n) is 5.59. The van der Waals surface area contributed by atoms with Crippen LogP contribution in [-0.4, -0.2) is 36.5 Å². The number of carbonyl (C=O) groups is 2. The average Bonchev–Trinajstić information content (AvgIpc) is 2.84. The quantitative estimate of drug-likeness (QED) is 0.667. The van der Waals surface area contributed by atoms with Crippen LogP contribution >= 0.6 is 0 Å². The predicted molar refractivity (Wildman–Crippen MR) is 77.1 cm³/mol. The summed E-state index contributed by atoms with van der Waals surface area (Å²) >= 11 is 0. The van der Waals surface area contributed by atoms with Crippen molar-refractivity contribution < 1.29 is 37.6 Å². The van der Waals surface area contributed by atoms with Crippen molar-refractivity contribution in [2.45, 2.75) is 38.1 Å². The Labute approximate surface area is 136 Å². The third kappa shape index (κ3) is 5.14. The number of ether oxygens (including phenoxy) is 2. The van der Waals surface area contributed by atoms with Crippen LogP contribution in [0.5, 0.6) is 0 Å². The number of carbonyl (C=O) groups excluding carboxylic acids is 2. The zero-order valence-electron chi connectivity index (χ0n) is 13.1. The minimum Gasteiger partial charge on any atom is -0.348 e. The number of hydrogen-bond acceptors (Lipinski definition) is 6. The van der Waals surface area contributed by atoms with Gasteiger partial charge in [0.2, 0.25) is 0 Å². The van der Waals surface area contributed by atoms with Gasteiger partial charge < -0.3 is 9.47 Å². The van der Waals surface area contributed by atoms with E-state index in [0.29, 0.717) is 5.69 Å². The summed E-state index contributed by atoms with van der Waals surface area (Å²) in [5, 5.41) is 2.20. The molecule has 0 aromatic heterocycles. The van der Waals surface area contributed by atoms with Gasteiger partial charge in [-0.2, -0.15) is 8.78 Å². The lowest BCUT2D eigenvalue weighted by molar-refractivity contribution is -0.254. The maximum Gasteiger partial charge on any atom is 0.454 e. The van der Waals surface area contributed by atoms with Crippen LogP contribution in [0.1, 0.15) is 20.3 Å². The van der Waals surface area contributed by atoms with Crippen molar-refractivity contribution in [1.29, 1.82) is 0 Å². The maximum atomic E-state index is 13.8. The summed E-state index contributed by atoms with van der Waals surface area (Å²) in [7, 11) is 0. The van der Waals surface area contributed by atoms with Gasteiger partial charge >= 0.3 is 18.0 Å². The number of halogens is 2. The van der Waals surface area contributed by atoms with Crippen molar-refractivity contribution in [1.82, 2.24) is 0 Å². The number of amides is 1. The molecule has 1 aromatic carbocycles. The largest absolute Gasteiger partial charge is 0.454 e. The second-order valence-corrected chi connectivity index (χ2v) is 5.59. The summed E-state index contributed by atoms with van der Waals surface area (Å²) < 4.78 is 37.9. The van der Waals surface area contributed by atoms with Crippen LogP contribution < -0.4 is 5.32 Å². The molecule has 1 aromatic rings. The normalized spacial score (nSPS) is 19.6. The molecule has 1 fully saturated rings. The highest BCUT2D eigenvalue weighted by Gasteiger charge is 2.48. The van der Waals surface area contributed by atoms with E-state index in [1.807, 2.05) is 0 Å². The van der Waals surface area contributed by atoms with Crippen molar-refractivity contribution in [3.8, 4) is 0 Å². The molecule has 0 bridgehead atoms. The molecular formula is C15H17F2NO6. The number of alkyl halides is 2. The Morgan fingerprint density at radius 1 is 1.29 bits per heavy atom. The number of rotatable bonds is 4. The van der Waals surface area contributed by atoms with E-state index < -0.39 is 36.3 Å². The van der Waals surface area contributed by atoms with Crippen molar-refractivity contribution >= 4 is 17.7 Å². The Morgan fingerprint density at radius 2 is 1.96 bits per heavy atom. The van der Waals surface area contributed by atoms with Crippen molar-refractivity contribution in [2.75, 3.05) is 11.9 Å². The lowest BCUT2D eigenvalue weighted by atomic mass is 10.1.